The van der Waals surface area contributed by atoms with E-state index in [1.54, 1.807) is 3.60 Å². The first-order valence-electron chi connectivity index (χ1n) is 10.4. The van der Waals surface area contributed by atoms with Gasteiger partial charge in [-0.3, -0.25) is 0 Å². The maximum absolute atomic E-state index is 4.15. The Morgan fingerprint density at radius 1 is 0.375 bits per heavy atom. The van der Waals surface area contributed by atoms with Gasteiger partial charge in [0, 0.05) is 0 Å². The van der Waals surface area contributed by atoms with Crippen molar-refractivity contribution < 1.29 is 15.3 Å². The molecule has 1 aromatic heterocycles. The van der Waals surface area contributed by atoms with Gasteiger partial charge < -0.3 is 0 Å². The van der Waals surface area contributed by atoms with Gasteiger partial charge in [-0.05, 0) is 0 Å². The molecule has 4 heteroatoms. The van der Waals surface area contributed by atoms with Crippen molar-refractivity contribution in [3.63, 3.8) is 0 Å². The zero-order valence-electron chi connectivity index (χ0n) is 17.6. The molecule has 0 radical (unpaired) electrons. The van der Waals surface area contributed by atoms with E-state index in [2.05, 4.69) is 139 Å². The molecule has 0 saturated carbocycles. The van der Waals surface area contributed by atoms with Gasteiger partial charge in [-0.15, -0.1) is 24.8 Å². The molecule has 4 aromatic carbocycles. The fourth-order valence-corrected chi connectivity index (χ4v) is 21.4. The van der Waals surface area contributed by atoms with Gasteiger partial charge in [0.1, 0.15) is 0 Å². The molecule has 1 heterocycles. The number of rotatable bonds is 5. The van der Waals surface area contributed by atoms with E-state index in [1.807, 2.05) is 0 Å². The molecule has 0 N–H and O–H groups in total. The molecular formula is C28H26Cl2PTi. The van der Waals surface area contributed by atoms with Crippen LogP contribution in [0.5, 0.6) is 0 Å². The van der Waals surface area contributed by atoms with Crippen LogP contribution in [0.3, 0.4) is 0 Å². The van der Waals surface area contributed by atoms with Crippen molar-refractivity contribution in [2.75, 3.05) is 0 Å². The van der Waals surface area contributed by atoms with Crippen LogP contribution < -0.4 is 19.1 Å². The summed E-state index contributed by atoms with van der Waals surface area (Å²) in [7, 11) is 0.690. The standard InChI is InChI=1S/4C6H5.C4H4P.2ClH.Ti/c4*1-2-4-6-5-3-1;1-2-4-5-3-1;;;/h4*1-5H;1-3,5H;2*1H;. The van der Waals surface area contributed by atoms with E-state index >= 15 is 0 Å². The summed E-state index contributed by atoms with van der Waals surface area (Å²) < 4.78 is 7.42. The van der Waals surface area contributed by atoms with Crippen LogP contribution in [0.2, 0.25) is 0 Å². The summed E-state index contributed by atoms with van der Waals surface area (Å²) in [6.45, 7) is 0. The molecular weight excluding hydrogens is 486 g/mol. The summed E-state index contributed by atoms with van der Waals surface area (Å²) >= 11 is -4.15. The van der Waals surface area contributed by atoms with Crippen LogP contribution in [0, 0.1) is 0 Å². The summed E-state index contributed by atoms with van der Waals surface area (Å²) in [6.07, 6.45) is 0. The molecule has 5 rings (SSSR count). The molecule has 0 nitrogen and oxygen atoms in total. The average molecular weight is 512 g/mol. The van der Waals surface area contributed by atoms with E-state index in [9.17, 15) is 0 Å². The molecule has 0 amide bonds. The molecule has 0 aliphatic heterocycles. The summed E-state index contributed by atoms with van der Waals surface area (Å²) in [5.74, 6) is 2.34. The predicted octanol–water partition coefficient (Wildman–Crippen LogP) is 5.18. The van der Waals surface area contributed by atoms with E-state index in [-0.39, 0.29) is 24.8 Å². The first kappa shape index (κ1) is 24.6. The Labute approximate surface area is 205 Å². The topological polar surface area (TPSA) is 0 Å². The summed E-state index contributed by atoms with van der Waals surface area (Å²) in [6, 6.07) is 49.8. The van der Waals surface area contributed by atoms with Gasteiger partial charge >= 0.3 is 182 Å². The summed E-state index contributed by atoms with van der Waals surface area (Å²) in [5.41, 5.74) is 0. The zero-order valence-corrected chi connectivity index (χ0v) is 21.8. The number of halogens is 2. The number of benzene rings is 4. The van der Waals surface area contributed by atoms with Crippen LogP contribution in [0.1, 0.15) is 0 Å². The fourth-order valence-electron chi connectivity index (χ4n) is 5.35. The quantitative estimate of drug-likeness (QED) is 0.285. The van der Waals surface area contributed by atoms with Crippen LogP contribution in [0.25, 0.3) is 0 Å². The second-order valence-corrected chi connectivity index (χ2v) is 18.1. The van der Waals surface area contributed by atoms with Gasteiger partial charge in [0.25, 0.3) is 0 Å². The van der Waals surface area contributed by atoms with Gasteiger partial charge in [-0.2, -0.15) is 0 Å². The molecule has 0 aliphatic rings. The molecule has 161 valence electrons. The van der Waals surface area contributed by atoms with E-state index < -0.39 is 15.3 Å². The van der Waals surface area contributed by atoms with Gasteiger partial charge in [-0.1, -0.05) is 0 Å². The minimum absolute atomic E-state index is 0. The normalized spacial score (nSPS) is 12.2. The Morgan fingerprint density at radius 3 is 0.938 bits per heavy atom. The van der Waals surface area contributed by atoms with E-state index in [0.29, 0.717) is 8.19 Å². The monoisotopic (exact) mass is 511 g/mol. The van der Waals surface area contributed by atoms with Crippen molar-refractivity contribution in [3.8, 4) is 0 Å². The van der Waals surface area contributed by atoms with Crippen LogP contribution in [-0.4, -0.2) is 0 Å². The molecule has 1 atom stereocenters. The molecule has 0 aliphatic carbocycles. The Morgan fingerprint density at radius 2 is 0.688 bits per heavy atom. The second-order valence-electron chi connectivity index (χ2n) is 7.80. The summed E-state index contributed by atoms with van der Waals surface area (Å²) in [4.78, 5) is 0. The van der Waals surface area contributed by atoms with E-state index in [0.717, 1.165) is 0 Å². The van der Waals surface area contributed by atoms with Gasteiger partial charge in [0.05, 0.1) is 0 Å². The third kappa shape index (κ3) is 3.43. The zero-order chi connectivity index (χ0) is 20.3. The maximum atomic E-state index is 2.41. The van der Waals surface area contributed by atoms with Crippen molar-refractivity contribution in [2.45, 2.75) is 0 Å². The first-order chi connectivity index (χ1) is 14.9. The minimum atomic E-state index is -4.15. The Kier molecular flexibility index (Phi) is 7.89. The van der Waals surface area contributed by atoms with Crippen molar-refractivity contribution in [1.82, 2.24) is 0 Å². The van der Waals surface area contributed by atoms with Crippen LogP contribution in [0.4, 0.5) is 0 Å². The first-order valence-corrected chi connectivity index (χ1v) is 15.4. The fraction of sp³-hybridized carbons (Fsp3) is 0. The third-order valence-corrected chi connectivity index (χ3v) is 21.4. The van der Waals surface area contributed by atoms with Gasteiger partial charge in [0.15, 0.2) is 0 Å². The Hall–Kier alpha value is -2.05. The van der Waals surface area contributed by atoms with Crippen molar-refractivity contribution in [1.29, 1.82) is 0 Å². The number of hydrogen-bond acceptors (Lipinski definition) is 0. The molecule has 0 saturated heterocycles. The predicted molar refractivity (Wildman–Crippen MR) is 144 cm³/mol. The summed E-state index contributed by atoms with van der Waals surface area (Å²) in [5, 5.41) is 0. The molecule has 5 aromatic rings. The van der Waals surface area contributed by atoms with Crippen LogP contribution in [-0.2, 0) is 15.3 Å². The molecule has 1 unspecified atom stereocenters. The average Bonchev–Trinajstić information content (AvgIpc) is 3.39. The van der Waals surface area contributed by atoms with Crippen molar-refractivity contribution >= 4 is 52.1 Å². The molecule has 32 heavy (non-hydrogen) atoms. The van der Waals surface area contributed by atoms with Crippen molar-refractivity contribution in [2.24, 2.45) is 0 Å². The third-order valence-electron chi connectivity index (χ3n) is 6.54. The number of hydrogen-bond donors (Lipinski definition) is 0. The Balaban J connectivity index is 0.00000144. The van der Waals surface area contributed by atoms with E-state index in [1.165, 1.54) is 15.5 Å². The SMILES string of the molecule is Cl.Cl.c1cc[c]([Ti]([c]2ccccc2)([c]2ccccc2)([c]2ccccc2)[c]2ccc[pH]2)cc1. The van der Waals surface area contributed by atoms with Crippen molar-refractivity contribution in [3.05, 3.63) is 139 Å². The molecule has 0 spiro atoms. The van der Waals surface area contributed by atoms with Gasteiger partial charge in [0.2, 0.25) is 0 Å². The van der Waals surface area contributed by atoms with Crippen LogP contribution in [0.15, 0.2) is 139 Å². The van der Waals surface area contributed by atoms with E-state index in [4.69, 9.17) is 0 Å². The Bertz CT molecular complexity index is 1060. The van der Waals surface area contributed by atoms with Crippen LogP contribution >= 0.6 is 33.0 Å². The molecule has 0 bridgehead atoms. The second kappa shape index (κ2) is 10.3. The van der Waals surface area contributed by atoms with Gasteiger partial charge in [-0.25, -0.2) is 0 Å². The molecule has 0 fully saturated rings.